The van der Waals surface area contributed by atoms with Gasteiger partial charge in [-0.05, 0) is 71.1 Å². The molecule has 0 aliphatic carbocycles. The summed E-state index contributed by atoms with van der Waals surface area (Å²) in [5, 5.41) is 5.47. The lowest BCUT2D eigenvalue weighted by atomic mass is 10.2. The number of carbonyl (C=O) groups is 2. The fraction of sp³-hybridized carbons (Fsp3) is 0.0667. The van der Waals surface area contributed by atoms with E-state index in [1.54, 1.807) is 36.4 Å². The minimum absolute atomic E-state index is 0.124. The Labute approximate surface area is 130 Å². The molecule has 0 spiro atoms. The van der Waals surface area contributed by atoms with Gasteiger partial charge in [-0.2, -0.15) is 0 Å². The van der Waals surface area contributed by atoms with E-state index in [0.29, 0.717) is 16.9 Å². The summed E-state index contributed by atoms with van der Waals surface area (Å²) in [7, 11) is 0. The molecule has 0 atom stereocenters. The maximum atomic E-state index is 12.0. The van der Waals surface area contributed by atoms with E-state index in [9.17, 15) is 9.59 Å². The van der Waals surface area contributed by atoms with Gasteiger partial charge < -0.3 is 10.6 Å². The molecule has 2 aromatic rings. The van der Waals surface area contributed by atoms with Crippen molar-refractivity contribution in [3.05, 3.63) is 57.7 Å². The molecule has 0 heterocycles. The molecule has 0 saturated heterocycles. The molecule has 0 bridgehead atoms. The Bertz CT molecular complexity index is 621. The van der Waals surface area contributed by atoms with E-state index in [1.165, 1.54) is 6.92 Å². The molecular formula is C15H13IN2O2. The predicted molar refractivity (Wildman–Crippen MR) is 87.9 cm³/mol. The lowest BCUT2D eigenvalue weighted by Crippen LogP contribution is -2.12. The van der Waals surface area contributed by atoms with Crippen molar-refractivity contribution in [2.45, 2.75) is 6.92 Å². The van der Waals surface area contributed by atoms with Crippen LogP contribution in [0.25, 0.3) is 0 Å². The number of hydrogen-bond donors (Lipinski definition) is 2. The van der Waals surface area contributed by atoms with Crippen molar-refractivity contribution in [2.24, 2.45) is 0 Å². The highest BCUT2D eigenvalue weighted by atomic mass is 127. The van der Waals surface area contributed by atoms with Gasteiger partial charge in [0.1, 0.15) is 0 Å². The van der Waals surface area contributed by atoms with Crippen molar-refractivity contribution in [1.82, 2.24) is 0 Å². The first-order valence-electron chi connectivity index (χ1n) is 5.99. The lowest BCUT2D eigenvalue weighted by molar-refractivity contribution is -0.114. The summed E-state index contributed by atoms with van der Waals surface area (Å²) in [5.41, 5.74) is 1.99. The Morgan fingerprint density at radius 3 is 1.85 bits per heavy atom. The minimum atomic E-state index is -0.159. The van der Waals surface area contributed by atoms with Crippen LogP contribution in [0.15, 0.2) is 48.5 Å². The Balaban J connectivity index is 2.04. The zero-order chi connectivity index (χ0) is 14.5. The Kier molecular flexibility index (Phi) is 4.73. The quantitative estimate of drug-likeness (QED) is 0.801. The number of anilines is 2. The van der Waals surface area contributed by atoms with Crippen LogP contribution >= 0.6 is 22.6 Å². The molecule has 0 saturated carbocycles. The number of benzene rings is 2. The smallest absolute Gasteiger partial charge is 0.255 e. The topological polar surface area (TPSA) is 58.2 Å². The van der Waals surface area contributed by atoms with Gasteiger partial charge >= 0.3 is 0 Å². The van der Waals surface area contributed by atoms with E-state index in [1.807, 2.05) is 12.1 Å². The fourth-order valence-corrected chi connectivity index (χ4v) is 2.00. The van der Waals surface area contributed by atoms with Crippen molar-refractivity contribution >= 4 is 45.8 Å². The summed E-state index contributed by atoms with van der Waals surface area (Å²) in [6, 6.07) is 14.3. The second-order valence-corrected chi connectivity index (χ2v) is 5.47. The molecule has 2 rings (SSSR count). The molecule has 102 valence electrons. The van der Waals surface area contributed by atoms with E-state index < -0.39 is 0 Å². The summed E-state index contributed by atoms with van der Waals surface area (Å²) in [6.45, 7) is 1.45. The molecule has 2 amide bonds. The SMILES string of the molecule is CC(=O)Nc1ccc(NC(=O)c2ccc(I)cc2)cc1. The number of carbonyl (C=O) groups excluding carboxylic acids is 2. The van der Waals surface area contributed by atoms with Crippen molar-refractivity contribution < 1.29 is 9.59 Å². The van der Waals surface area contributed by atoms with Crippen LogP contribution in [0.5, 0.6) is 0 Å². The summed E-state index contributed by atoms with van der Waals surface area (Å²) < 4.78 is 1.08. The average molecular weight is 380 g/mol. The first-order chi connectivity index (χ1) is 9.54. The Morgan fingerprint density at radius 2 is 1.35 bits per heavy atom. The van der Waals surface area contributed by atoms with Gasteiger partial charge in [0, 0.05) is 27.4 Å². The monoisotopic (exact) mass is 380 g/mol. The van der Waals surface area contributed by atoms with Crippen LogP contribution in [0.4, 0.5) is 11.4 Å². The Morgan fingerprint density at radius 1 is 0.850 bits per heavy atom. The van der Waals surface area contributed by atoms with Gasteiger partial charge in [0.25, 0.3) is 5.91 Å². The summed E-state index contributed by atoms with van der Waals surface area (Å²) in [4.78, 5) is 22.9. The van der Waals surface area contributed by atoms with Gasteiger partial charge in [0.2, 0.25) is 5.91 Å². The second-order valence-electron chi connectivity index (χ2n) is 4.22. The van der Waals surface area contributed by atoms with Crippen molar-refractivity contribution in [2.75, 3.05) is 10.6 Å². The molecule has 0 aliphatic rings. The summed E-state index contributed by atoms with van der Waals surface area (Å²) in [5.74, 6) is -0.283. The zero-order valence-corrected chi connectivity index (χ0v) is 13.0. The molecule has 5 heteroatoms. The normalized spacial score (nSPS) is 9.90. The highest BCUT2D eigenvalue weighted by molar-refractivity contribution is 14.1. The maximum Gasteiger partial charge on any atom is 0.255 e. The van der Waals surface area contributed by atoms with Gasteiger partial charge in [0.05, 0.1) is 0 Å². The minimum Gasteiger partial charge on any atom is -0.326 e. The number of amides is 2. The lowest BCUT2D eigenvalue weighted by Gasteiger charge is -2.07. The van der Waals surface area contributed by atoms with E-state index in [2.05, 4.69) is 33.2 Å². The maximum absolute atomic E-state index is 12.0. The first-order valence-corrected chi connectivity index (χ1v) is 7.07. The van der Waals surface area contributed by atoms with Crippen molar-refractivity contribution in [3.8, 4) is 0 Å². The Hall–Kier alpha value is -1.89. The molecule has 20 heavy (non-hydrogen) atoms. The number of nitrogens with one attached hydrogen (secondary N) is 2. The molecule has 0 unspecified atom stereocenters. The molecule has 0 radical (unpaired) electrons. The van der Waals surface area contributed by atoms with Gasteiger partial charge in [-0.3, -0.25) is 9.59 Å². The number of halogens is 1. The van der Waals surface area contributed by atoms with Crippen LogP contribution in [0.3, 0.4) is 0 Å². The van der Waals surface area contributed by atoms with E-state index in [0.717, 1.165) is 3.57 Å². The molecular weight excluding hydrogens is 367 g/mol. The summed E-state index contributed by atoms with van der Waals surface area (Å²) >= 11 is 2.19. The standard InChI is InChI=1S/C15H13IN2O2/c1-10(19)17-13-6-8-14(9-7-13)18-15(20)11-2-4-12(16)5-3-11/h2-9H,1H3,(H,17,19)(H,18,20). The third kappa shape index (κ3) is 4.06. The highest BCUT2D eigenvalue weighted by Crippen LogP contribution is 2.15. The van der Waals surface area contributed by atoms with E-state index in [-0.39, 0.29) is 11.8 Å². The fourth-order valence-electron chi connectivity index (χ4n) is 1.64. The summed E-state index contributed by atoms with van der Waals surface area (Å²) in [6.07, 6.45) is 0. The third-order valence-corrected chi connectivity index (χ3v) is 3.29. The molecule has 0 aliphatic heterocycles. The van der Waals surface area contributed by atoms with Crippen LogP contribution in [0.2, 0.25) is 0 Å². The van der Waals surface area contributed by atoms with Crippen LogP contribution in [0.1, 0.15) is 17.3 Å². The molecule has 0 aromatic heterocycles. The predicted octanol–water partition coefficient (Wildman–Crippen LogP) is 3.50. The van der Waals surface area contributed by atoms with Crippen LogP contribution < -0.4 is 10.6 Å². The molecule has 2 aromatic carbocycles. The largest absolute Gasteiger partial charge is 0.326 e. The van der Waals surface area contributed by atoms with E-state index in [4.69, 9.17) is 0 Å². The first kappa shape index (κ1) is 14.5. The average Bonchev–Trinajstić information content (AvgIpc) is 2.41. The van der Waals surface area contributed by atoms with Crippen molar-refractivity contribution in [3.63, 3.8) is 0 Å². The van der Waals surface area contributed by atoms with Gasteiger partial charge in [0.15, 0.2) is 0 Å². The van der Waals surface area contributed by atoms with E-state index >= 15 is 0 Å². The third-order valence-electron chi connectivity index (χ3n) is 2.57. The van der Waals surface area contributed by atoms with Crippen LogP contribution in [-0.4, -0.2) is 11.8 Å². The molecule has 2 N–H and O–H groups in total. The van der Waals surface area contributed by atoms with Crippen LogP contribution in [0, 0.1) is 3.57 Å². The molecule has 4 nitrogen and oxygen atoms in total. The van der Waals surface area contributed by atoms with Gasteiger partial charge in [-0.15, -0.1) is 0 Å². The highest BCUT2D eigenvalue weighted by Gasteiger charge is 2.05. The molecule has 0 fully saturated rings. The second kappa shape index (κ2) is 6.51. The van der Waals surface area contributed by atoms with Gasteiger partial charge in [-0.1, -0.05) is 0 Å². The van der Waals surface area contributed by atoms with Crippen molar-refractivity contribution in [1.29, 1.82) is 0 Å². The number of rotatable bonds is 3. The zero-order valence-electron chi connectivity index (χ0n) is 10.8. The van der Waals surface area contributed by atoms with Crippen LogP contribution in [-0.2, 0) is 4.79 Å². The number of hydrogen-bond acceptors (Lipinski definition) is 2. The van der Waals surface area contributed by atoms with Gasteiger partial charge in [-0.25, -0.2) is 0 Å².